The van der Waals surface area contributed by atoms with Gasteiger partial charge in [0.05, 0.1) is 0 Å². The van der Waals surface area contributed by atoms with Crippen molar-refractivity contribution in [2.75, 3.05) is 19.6 Å². The Hall–Kier alpha value is -1.63. The first-order chi connectivity index (χ1) is 9.61. The Bertz CT molecular complexity index is 509. The van der Waals surface area contributed by atoms with E-state index in [0.717, 1.165) is 6.42 Å². The molecule has 0 saturated carbocycles. The number of hydrogen-bond acceptors (Lipinski definition) is 3. The van der Waals surface area contributed by atoms with Gasteiger partial charge in [-0.25, -0.2) is 9.78 Å². The SMILES string of the molecule is CCNC(=O)N1CCC(NC(=O)c2ncccc2Br)C1. The number of pyridine rings is 1. The third kappa shape index (κ3) is 3.47. The maximum Gasteiger partial charge on any atom is 0.317 e. The van der Waals surface area contributed by atoms with Crippen LogP contribution in [0.3, 0.4) is 0 Å². The molecule has 6 nitrogen and oxygen atoms in total. The molecule has 1 saturated heterocycles. The lowest BCUT2D eigenvalue weighted by atomic mass is 10.2. The smallest absolute Gasteiger partial charge is 0.317 e. The number of rotatable bonds is 3. The van der Waals surface area contributed by atoms with Gasteiger partial charge in [-0.1, -0.05) is 0 Å². The van der Waals surface area contributed by atoms with Gasteiger partial charge >= 0.3 is 6.03 Å². The van der Waals surface area contributed by atoms with Gasteiger partial charge < -0.3 is 15.5 Å². The Morgan fingerprint density at radius 2 is 2.35 bits per heavy atom. The van der Waals surface area contributed by atoms with Crippen molar-refractivity contribution < 1.29 is 9.59 Å². The fourth-order valence-corrected chi connectivity index (χ4v) is 2.57. The van der Waals surface area contributed by atoms with Crippen molar-refractivity contribution in [1.82, 2.24) is 20.5 Å². The number of aromatic nitrogens is 1. The van der Waals surface area contributed by atoms with Gasteiger partial charge in [-0.3, -0.25) is 4.79 Å². The van der Waals surface area contributed by atoms with Gasteiger partial charge in [0, 0.05) is 36.3 Å². The Morgan fingerprint density at radius 1 is 1.55 bits per heavy atom. The second-order valence-electron chi connectivity index (χ2n) is 4.57. The van der Waals surface area contributed by atoms with Crippen LogP contribution in [-0.2, 0) is 0 Å². The van der Waals surface area contributed by atoms with Crippen LogP contribution in [0.4, 0.5) is 4.79 Å². The van der Waals surface area contributed by atoms with Crippen LogP contribution < -0.4 is 10.6 Å². The summed E-state index contributed by atoms with van der Waals surface area (Å²) in [5.41, 5.74) is 0.365. The lowest BCUT2D eigenvalue weighted by Crippen LogP contribution is -2.42. The van der Waals surface area contributed by atoms with Crippen molar-refractivity contribution in [3.8, 4) is 0 Å². The van der Waals surface area contributed by atoms with Crippen LogP contribution in [0.5, 0.6) is 0 Å². The van der Waals surface area contributed by atoms with Gasteiger partial charge in [0.2, 0.25) is 0 Å². The molecule has 0 radical (unpaired) electrons. The molecule has 7 heteroatoms. The fourth-order valence-electron chi connectivity index (χ4n) is 2.13. The van der Waals surface area contributed by atoms with Crippen LogP contribution in [0.25, 0.3) is 0 Å². The first-order valence-electron chi connectivity index (χ1n) is 6.56. The third-order valence-electron chi connectivity index (χ3n) is 3.11. The Morgan fingerprint density at radius 3 is 3.05 bits per heavy atom. The highest BCUT2D eigenvalue weighted by Gasteiger charge is 2.27. The lowest BCUT2D eigenvalue weighted by Gasteiger charge is -2.17. The highest BCUT2D eigenvalue weighted by atomic mass is 79.9. The van der Waals surface area contributed by atoms with Crippen LogP contribution in [0, 0.1) is 0 Å². The monoisotopic (exact) mass is 340 g/mol. The molecule has 2 rings (SSSR count). The number of carbonyl (C=O) groups excluding carboxylic acids is 2. The molecule has 0 spiro atoms. The van der Waals surface area contributed by atoms with Gasteiger partial charge in [-0.15, -0.1) is 0 Å². The van der Waals surface area contributed by atoms with E-state index in [-0.39, 0.29) is 18.0 Å². The average Bonchev–Trinajstić information content (AvgIpc) is 2.88. The quantitative estimate of drug-likeness (QED) is 0.872. The van der Waals surface area contributed by atoms with E-state index in [1.54, 1.807) is 23.2 Å². The van der Waals surface area contributed by atoms with E-state index < -0.39 is 0 Å². The molecule has 0 aliphatic carbocycles. The summed E-state index contributed by atoms with van der Waals surface area (Å²) < 4.78 is 0.663. The number of hydrogen-bond donors (Lipinski definition) is 2. The molecule has 0 bridgehead atoms. The van der Waals surface area contributed by atoms with Crippen LogP contribution in [-0.4, -0.2) is 47.5 Å². The molecule has 1 atom stereocenters. The molecule has 2 heterocycles. The van der Waals surface area contributed by atoms with Gasteiger partial charge in [-0.05, 0) is 41.4 Å². The number of halogens is 1. The highest BCUT2D eigenvalue weighted by molar-refractivity contribution is 9.10. The van der Waals surface area contributed by atoms with E-state index in [2.05, 4.69) is 31.5 Å². The minimum atomic E-state index is -0.222. The summed E-state index contributed by atoms with van der Waals surface area (Å²) in [6.07, 6.45) is 2.34. The van der Waals surface area contributed by atoms with E-state index in [0.29, 0.717) is 29.8 Å². The first-order valence-corrected chi connectivity index (χ1v) is 7.35. The topological polar surface area (TPSA) is 74.3 Å². The zero-order valence-corrected chi connectivity index (χ0v) is 12.8. The molecule has 108 valence electrons. The maximum absolute atomic E-state index is 12.1. The van der Waals surface area contributed by atoms with E-state index in [4.69, 9.17) is 0 Å². The molecule has 0 aromatic carbocycles. The first kappa shape index (κ1) is 14.8. The van der Waals surface area contributed by atoms with Crippen molar-refractivity contribution >= 4 is 27.9 Å². The minimum absolute atomic E-state index is 0.0287. The van der Waals surface area contributed by atoms with Gasteiger partial charge in [0.25, 0.3) is 5.91 Å². The van der Waals surface area contributed by atoms with E-state index in [9.17, 15) is 9.59 Å². The minimum Gasteiger partial charge on any atom is -0.346 e. The van der Waals surface area contributed by atoms with Crippen LogP contribution in [0.1, 0.15) is 23.8 Å². The molecule has 1 aromatic rings. The van der Waals surface area contributed by atoms with Crippen LogP contribution in [0.15, 0.2) is 22.8 Å². The summed E-state index contributed by atoms with van der Waals surface area (Å²) in [6.45, 7) is 3.67. The number of carbonyl (C=O) groups is 2. The van der Waals surface area contributed by atoms with E-state index >= 15 is 0 Å². The largest absolute Gasteiger partial charge is 0.346 e. The van der Waals surface area contributed by atoms with Crippen molar-refractivity contribution in [3.63, 3.8) is 0 Å². The van der Waals surface area contributed by atoms with Crippen molar-refractivity contribution in [1.29, 1.82) is 0 Å². The summed E-state index contributed by atoms with van der Waals surface area (Å²) in [5.74, 6) is -0.222. The molecule has 1 aliphatic heterocycles. The average molecular weight is 341 g/mol. The van der Waals surface area contributed by atoms with Gasteiger partial charge in [0.15, 0.2) is 0 Å². The predicted molar refractivity (Wildman–Crippen MR) is 78.5 cm³/mol. The molecule has 1 unspecified atom stereocenters. The number of nitrogens with one attached hydrogen (secondary N) is 2. The second-order valence-corrected chi connectivity index (χ2v) is 5.43. The van der Waals surface area contributed by atoms with Gasteiger partial charge in [-0.2, -0.15) is 0 Å². The molecule has 3 amide bonds. The molecule has 1 aromatic heterocycles. The zero-order valence-electron chi connectivity index (χ0n) is 11.2. The number of nitrogens with zero attached hydrogens (tertiary/aromatic N) is 2. The van der Waals surface area contributed by atoms with Crippen LogP contribution in [0.2, 0.25) is 0 Å². The number of amides is 3. The van der Waals surface area contributed by atoms with Crippen LogP contribution >= 0.6 is 15.9 Å². The Kier molecular flexibility index (Phi) is 4.94. The molecular weight excluding hydrogens is 324 g/mol. The van der Waals surface area contributed by atoms with E-state index in [1.165, 1.54) is 0 Å². The van der Waals surface area contributed by atoms with Crippen molar-refractivity contribution in [3.05, 3.63) is 28.5 Å². The summed E-state index contributed by atoms with van der Waals surface area (Å²) >= 11 is 3.30. The zero-order chi connectivity index (χ0) is 14.5. The normalized spacial score (nSPS) is 17.9. The highest BCUT2D eigenvalue weighted by Crippen LogP contribution is 2.15. The van der Waals surface area contributed by atoms with Crippen molar-refractivity contribution in [2.45, 2.75) is 19.4 Å². The third-order valence-corrected chi connectivity index (χ3v) is 3.75. The molecule has 20 heavy (non-hydrogen) atoms. The van der Waals surface area contributed by atoms with Crippen molar-refractivity contribution in [2.24, 2.45) is 0 Å². The van der Waals surface area contributed by atoms with E-state index in [1.807, 2.05) is 6.92 Å². The van der Waals surface area contributed by atoms with Gasteiger partial charge in [0.1, 0.15) is 5.69 Å². The Labute approximate surface area is 126 Å². The maximum atomic E-state index is 12.1. The fraction of sp³-hybridized carbons (Fsp3) is 0.462. The molecular formula is C13H17BrN4O2. The second kappa shape index (κ2) is 6.69. The summed E-state index contributed by atoms with van der Waals surface area (Å²) in [4.78, 5) is 29.5. The molecule has 1 fully saturated rings. The summed E-state index contributed by atoms with van der Waals surface area (Å²) in [5, 5.41) is 5.67. The lowest BCUT2D eigenvalue weighted by molar-refractivity contribution is 0.0932. The number of likely N-dealkylation sites (tertiary alicyclic amines) is 1. The Balaban J connectivity index is 1.91. The number of urea groups is 1. The summed E-state index contributed by atoms with van der Waals surface area (Å²) in [7, 11) is 0. The summed E-state index contributed by atoms with van der Waals surface area (Å²) in [6, 6.07) is 3.42. The standard InChI is InChI=1S/C13H17BrN4O2/c1-2-15-13(20)18-7-5-9(8-18)17-12(19)11-10(14)4-3-6-16-11/h3-4,6,9H,2,5,7-8H2,1H3,(H,15,20)(H,17,19). The molecule has 1 aliphatic rings. The molecule has 2 N–H and O–H groups in total. The predicted octanol–water partition coefficient (Wildman–Crippen LogP) is 1.38.